The maximum Gasteiger partial charge on any atom is 0.265 e. The molecule has 3 heteroatoms. The summed E-state index contributed by atoms with van der Waals surface area (Å²) in [6.07, 6.45) is -0.584. The summed E-state index contributed by atoms with van der Waals surface area (Å²) in [7, 11) is 0. The molecular formula is C23H23NO2. The number of hydrogen-bond acceptors (Lipinski definition) is 2. The van der Waals surface area contributed by atoms with Crippen molar-refractivity contribution in [3.63, 3.8) is 0 Å². The second-order valence-electron chi connectivity index (χ2n) is 6.44. The Morgan fingerprint density at radius 3 is 2.15 bits per heavy atom. The van der Waals surface area contributed by atoms with E-state index in [-0.39, 0.29) is 5.91 Å². The second kappa shape index (κ2) is 7.87. The standard InChI is InChI=1S/C23H23NO2/c1-16-9-12-21(15-17(16)2)24-23(25)18(3)26-22-13-10-20(11-14-22)19-7-5-4-6-8-19/h4-15,18H,1-3H3,(H,24,25)/t18-/m0/s1. The number of rotatable bonds is 5. The van der Waals surface area contributed by atoms with E-state index in [1.807, 2.05) is 74.5 Å². The van der Waals surface area contributed by atoms with Crippen LogP contribution in [-0.2, 0) is 4.79 Å². The van der Waals surface area contributed by atoms with Crippen LogP contribution in [0.25, 0.3) is 11.1 Å². The van der Waals surface area contributed by atoms with Crippen LogP contribution < -0.4 is 10.1 Å². The van der Waals surface area contributed by atoms with Crippen LogP contribution in [0.5, 0.6) is 5.75 Å². The van der Waals surface area contributed by atoms with Crippen LogP contribution in [0.1, 0.15) is 18.1 Å². The van der Waals surface area contributed by atoms with Gasteiger partial charge in [-0.25, -0.2) is 0 Å². The number of ether oxygens (including phenoxy) is 1. The monoisotopic (exact) mass is 345 g/mol. The van der Waals surface area contributed by atoms with Gasteiger partial charge in [-0.05, 0) is 67.3 Å². The van der Waals surface area contributed by atoms with Crippen LogP contribution in [0.2, 0.25) is 0 Å². The van der Waals surface area contributed by atoms with Gasteiger partial charge < -0.3 is 10.1 Å². The van der Waals surface area contributed by atoms with Crippen LogP contribution in [0, 0.1) is 13.8 Å². The number of benzene rings is 3. The molecule has 3 nitrogen and oxygen atoms in total. The third kappa shape index (κ3) is 4.31. The largest absolute Gasteiger partial charge is 0.481 e. The van der Waals surface area contributed by atoms with Crippen LogP contribution in [0.15, 0.2) is 72.8 Å². The van der Waals surface area contributed by atoms with Gasteiger partial charge in [0.05, 0.1) is 0 Å². The van der Waals surface area contributed by atoms with Crippen LogP contribution >= 0.6 is 0 Å². The zero-order valence-corrected chi connectivity index (χ0v) is 15.3. The molecule has 3 rings (SSSR count). The fraction of sp³-hybridized carbons (Fsp3) is 0.174. The fourth-order valence-electron chi connectivity index (χ4n) is 2.68. The number of anilines is 1. The van der Waals surface area contributed by atoms with E-state index in [4.69, 9.17) is 4.74 Å². The van der Waals surface area contributed by atoms with Gasteiger partial charge in [-0.2, -0.15) is 0 Å². The summed E-state index contributed by atoms with van der Waals surface area (Å²) in [4.78, 5) is 12.4. The predicted molar refractivity (Wildman–Crippen MR) is 107 cm³/mol. The molecule has 0 aromatic heterocycles. The molecule has 0 aliphatic heterocycles. The van der Waals surface area contributed by atoms with Crippen molar-refractivity contribution in [1.82, 2.24) is 0 Å². The molecule has 0 bridgehead atoms. The highest BCUT2D eigenvalue weighted by Gasteiger charge is 2.15. The summed E-state index contributed by atoms with van der Waals surface area (Å²) < 4.78 is 5.78. The smallest absolute Gasteiger partial charge is 0.265 e. The van der Waals surface area contributed by atoms with Crippen molar-refractivity contribution in [3.8, 4) is 16.9 Å². The Morgan fingerprint density at radius 2 is 1.50 bits per heavy atom. The van der Waals surface area contributed by atoms with E-state index >= 15 is 0 Å². The molecule has 0 saturated carbocycles. The van der Waals surface area contributed by atoms with Gasteiger partial charge in [-0.15, -0.1) is 0 Å². The van der Waals surface area contributed by atoms with Crippen LogP contribution in [-0.4, -0.2) is 12.0 Å². The normalized spacial score (nSPS) is 11.7. The SMILES string of the molecule is Cc1ccc(NC(=O)[C@H](C)Oc2ccc(-c3ccccc3)cc2)cc1C. The van der Waals surface area contributed by atoms with Gasteiger partial charge in [0.25, 0.3) is 5.91 Å². The second-order valence-corrected chi connectivity index (χ2v) is 6.44. The molecule has 0 fully saturated rings. The van der Waals surface area contributed by atoms with Gasteiger partial charge in [0.2, 0.25) is 0 Å². The van der Waals surface area contributed by atoms with Crippen molar-refractivity contribution in [2.24, 2.45) is 0 Å². The summed E-state index contributed by atoms with van der Waals surface area (Å²) >= 11 is 0. The number of carbonyl (C=O) groups excluding carboxylic acids is 1. The Morgan fingerprint density at radius 1 is 0.846 bits per heavy atom. The number of carbonyl (C=O) groups is 1. The third-order valence-corrected chi connectivity index (χ3v) is 4.42. The lowest BCUT2D eigenvalue weighted by Gasteiger charge is -2.15. The first kappa shape index (κ1) is 17.7. The minimum atomic E-state index is -0.584. The quantitative estimate of drug-likeness (QED) is 0.674. The molecular weight excluding hydrogens is 322 g/mol. The van der Waals surface area contributed by atoms with Crippen molar-refractivity contribution >= 4 is 11.6 Å². The molecule has 132 valence electrons. The lowest BCUT2D eigenvalue weighted by Crippen LogP contribution is -2.30. The minimum absolute atomic E-state index is 0.166. The summed E-state index contributed by atoms with van der Waals surface area (Å²) in [5.74, 6) is 0.507. The molecule has 0 aliphatic carbocycles. The molecule has 0 aliphatic rings. The van der Waals surface area contributed by atoms with E-state index in [9.17, 15) is 4.79 Å². The molecule has 0 saturated heterocycles. The first-order valence-corrected chi connectivity index (χ1v) is 8.73. The van der Waals surface area contributed by atoms with Gasteiger partial charge in [0.15, 0.2) is 6.10 Å². The molecule has 1 amide bonds. The van der Waals surface area contributed by atoms with E-state index < -0.39 is 6.10 Å². The first-order valence-electron chi connectivity index (χ1n) is 8.73. The van der Waals surface area contributed by atoms with Gasteiger partial charge in [-0.1, -0.05) is 48.5 Å². The maximum atomic E-state index is 12.4. The molecule has 1 atom stereocenters. The molecule has 26 heavy (non-hydrogen) atoms. The minimum Gasteiger partial charge on any atom is -0.481 e. The summed E-state index contributed by atoms with van der Waals surface area (Å²) in [6.45, 7) is 5.83. The number of amides is 1. The van der Waals surface area contributed by atoms with E-state index in [1.54, 1.807) is 6.92 Å². The fourth-order valence-corrected chi connectivity index (χ4v) is 2.68. The van der Waals surface area contributed by atoms with E-state index in [0.29, 0.717) is 5.75 Å². The zero-order chi connectivity index (χ0) is 18.5. The van der Waals surface area contributed by atoms with Crippen LogP contribution in [0.4, 0.5) is 5.69 Å². The van der Waals surface area contributed by atoms with Gasteiger partial charge in [0, 0.05) is 5.69 Å². The average Bonchev–Trinajstić information content (AvgIpc) is 2.66. The van der Waals surface area contributed by atoms with E-state index in [1.165, 1.54) is 5.56 Å². The summed E-state index contributed by atoms with van der Waals surface area (Å²) in [5.41, 5.74) is 5.40. The lowest BCUT2D eigenvalue weighted by molar-refractivity contribution is -0.122. The van der Waals surface area contributed by atoms with Crippen molar-refractivity contribution in [1.29, 1.82) is 0 Å². The Kier molecular flexibility index (Phi) is 5.37. The Hall–Kier alpha value is -3.07. The molecule has 3 aromatic rings. The topological polar surface area (TPSA) is 38.3 Å². The van der Waals surface area contributed by atoms with Crippen LogP contribution in [0.3, 0.4) is 0 Å². The van der Waals surface area contributed by atoms with E-state index in [2.05, 4.69) is 17.4 Å². The highest BCUT2D eigenvalue weighted by molar-refractivity contribution is 5.94. The Balaban J connectivity index is 1.62. The van der Waals surface area contributed by atoms with E-state index in [0.717, 1.165) is 22.4 Å². The zero-order valence-electron chi connectivity index (χ0n) is 15.3. The van der Waals surface area contributed by atoms with Crippen molar-refractivity contribution in [3.05, 3.63) is 83.9 Å². The molecule has 0 heterocycles. The Labute approximate surface area is 154 Å². The number of nitrogens with one attached hydrogen (secondary N) is 1. The van der Waals surface area contributed by atoms with Crippen molar-refractivity contribution < 1.29 is 9.53 Å². The molecule has 1 N–H and O–H groups in total. The number of aryl methyl sites for hydroxylation is 2. The maximum absolute atomic E-state index is 12.4. The van der Waals surface area contributed by atoms with Gasteiger partial charge in [0.1, 0.15) is 5.75 Å². The molecule has 3 aromatic carbocycles. The average molecular weight is 345 g/mol. The van der Waals surface area contributed by atoms with Crippen molar-refractivity contribution in [2.45, 2.75) is 26.9 Å². The highest BCUT2D eigenvalue weighted by Crippen LogP contribution is 2.23. The van der Waals surface area contributed by atoms with Crippen molar-refractivity contribution in [2.75, 3.05) is 5.32 Å². The van der Waals surface area contributed by atoms with Gasteiger partial charge in [-0.3, -0.25) is 4.79 Å². The third-order valence-electron chi connectivity index (χ3n) is 4.42. The lowest BCUT2D eigenvalue weighted by atomic mass is 10.1. The number of hydrogen-bond donors (Lipinski definition) is 1. The summed E-state index contributed by atoms with van der Waals surface area (Å²) in [6, 6.07) is 23.8. The summed E-state index contributed by atoms with van der Waals surface area (Å²) in [5, 5.41) is 2.90. The molecule has 0 unspecified atom stereocenters. The first-order chi connectivity index (χ1) is 12.5. The van der Waals surface area contributed by atoms with Gasteiger partial charge >= 0.3 is 0 Å². The molecule has 0 radical (unpaired) electrons. The Bertz CT molecular complexity index is 886. The highest BCUT2D eigenvalue weighted by atomic mass is 16.5. The predicted octanol–water partition coefficient (Wildman–Crippen LogP) is 5.38. The molecule has 0 spiro atoms.